The minimum absolute atomic E-state index is 0.0365. The van der Waals surface area contributed by atoms with E-state index in [0.717, 1.165) is 11.4 Å². The van der Waals surface area contributed by atoms with Crippen LogP contribution >= 0.6 is 0 Å². The molecule has 0 radical (unpaired) electrons. The smallest absolute Gasteiger partial charge is 0.240 e. The van der Waals surface area contributed by atoms with Crippen molar-refractivity contribution < 1.29 is 9.59 Å². The first-order valence-corrected chi connectivity index (χ1v) is 6.66. The molecule has 0 aliphatic heterocycles. The highest BCUT2D eigenvalue weighted by molar-refractivity contribution is 5.97. The van der Waals surface area contributed by atoms with E-state index < -0.39 is 0 Å². The van der Waals surface area contributed by atoms with Crippen molar-refractivity contribution in [2.75, 3.05) is 30.4 Å². The Morgan fingerprint density at radius 3 is 2.00 bits per heavy atom. The summed E-state index contributed by atoms with van der Waals surface area (Å²) in [6.45, 7) is 5.28. The highest BCUT2D eigenvalue weighted by Gasteiger charge is 2.16. The summed E-state index contributed by atoms with van der Waals surface area (Å²) in [7, 11) is 3.90. The number of carbonyl (C=O) groups is 2. The molecule has 0 aliphatic carbocycles. The molecular formula is C15H23N3O2. The van der Waals surface area contributed by atoms with Crippen molar-refractivity contribution in [1.29, 1.82) is 0 Å². The second-order valence-electron chi connectivity index (χ2n) is 5.24. The van der Waals surface area contributed by atoms with Crippen molar-refractivity contribution in [3.63, 3.8) is 0 Å². The Morgan fingerprint density at radius 1 is 1.10 bits per heavy atom. The van der Waals surface area contributed by atoms with Crippen molar-refractivity contribution in [2.24, 2.45) is 0 Å². The number of benzene rings is 1. The van der Waals surface area contributed by atoms with Gasteiger partial charge in [0.25, 0.3) is 0 Å². The van der Waals surface area contributed by atoms with Crippen LogP contribution in [0.1, 0.15) is 20.8 Å². The third-order valence-corrected chi connectivity index (χ3v) is 2.81. The van der Waals surface area contributed by atoms with Crippen LogP contribution in [0.3, 0.4) is 0 Å². The van der Waals surface area contributed by atoms with E-state index in [4.69, 9.17) is 0 Å². The molecule has 1 rings (SSSR count). The van der Waals surface area contributed by atoms with Crippen LogP contribution in [0.5, 0.6) is 0 Å². The van der Waals surface area contributed by atoms with Crippen LogP contribution in [0.4, 0.5) is 11.4 Å². The minimum Gasteiger partial charge on any atom is -0.378 e. The summed E-state index contributed by atoms with van der Waals surface area (Å²) in [4.78, 5) is 27.0. The van der Waals surface area contributed by atoms with Crippen LogP contribution in [-0.2, 0) is 9.59 Å². The molecular weight excluding hydrogens is 254 g/mol. The predicted molar refractivity (Wildman–Crippen MR) is 82.1 cm³/mol. The van der Waals surface area contributed by atoms with Crippen molar-refractivity contribution in [2.45, 2.75) is 26.8 Å². The number of nitrogens with one attached hydrogen (secondary N) is 1. The number of rotatable bonds is 5. The SMILES string of the molecule is CC(=O)N(CC(=O)NC(C)C)c1ccc(N(C)C)cc1. The standard InChI is InChI=1S/C15H23N3O2/c1-11(2)16-15(20)10-18(12(3)19)14-8-6-13(7-9-14)17(4)5/h6-9,11H,10H2,1-5H3,(H,16,20). The Bertz CT molecular complexity index is 467. The van der Waals surface area contributed by atoms with Gasteiger partial charge in [-0.25, -0.2) is 0 Å². The minimum atomic E-state index is -0.160. The molecule has 0 atom stereocenters. The molecule has 20 heavy (non-hydrogen) atoms. The second kappa shape index (κ2) is 6.93. The van der Waals surface area contributed by atoms with Crippen molar-refractivity contribution in [3.05, 3.63) is 24.3 Å². The first-order chi connectivity index (χ1) is 9.31. The Labute approximate surface area is 120 Å². The summed E-state index contributed by atoms with van der Waals surface area (Å²) < 4.78 is 0. The molecule has 0 heterocycles. The van der Waals surface area contributed by atoms with Gasteiger partial charge >= 0.3 is 0 Å². The summed E-state index contributed by atoms with van der Waals surface area (Å²) in [5.41, 5.74) is 1.77. The summed E-state index contributed by atoms with van der Waals surface area (Å²) in [5, 5.41) is 2.79. The lowest BCUT2D eigenvalue weighted by molar-refractivity contribution is -0.123. The predicted octanol–water partition coefficient (Wildman–Crippen LogP) is 1.63. The van der Waals surface area contributed by atoms with E-state index in [0.29, 0.717) is 0 Å². The average molecular weight is 277 g/mol. The van der Waals surface area contributed by atoms with Crippen LogP contribution in [0.15, 0.2) is 24.3 Å². The van der Waals surface area contributed by atoms with Gasteiger partial charge in [0.15, 0.2) is 0 Å². The number of nitrogens with zero attached hydrogens (tertiary/aromatic N) is 2. The maximum absolute atomic E-state index is 11.8. The third kappa shape index (κ3) is 4.57. The average Bonchev–Trinajstić information content (AvgIpc) is 2.35. The maximum atomic E-state index is 11.8. The molecule has 5 nitrogen and oxygen atoms in total. The number of carbonyl (C=O) groups excluding carboxylic acids is 2. The van der Waals surface area contributed by atoms with E-state index >= 15 is 0 Å². The first kappa shape index (κ1) is 16.0. The zero-order valence-corrected chi connectivity index (χ0v) is 12.8. The molecule has 0 aliphatic rings. The van der Waals surface area contributed by atoms with Gasteiger partial charge in [-0.1, -0.05) is 0 Å². The lowest BCUT2D eigenvalue weighted by atomic mass is 10.2. The fourth-order valence-corrected chi connectivity index (χ4v) is 1.83. The third-order valence-electron chi connectivity index (χ3n) is 2.81. The molecule has 5 heteroatoms. The van der Waals surface area contributed by atoms with Gasteiger partial charge in [-0.05, 0) is 38.1 Å². The maximum Gasteiger partial charge on any atom is 0.240 e. The highest BCUT2D eigenvalue weighted by Crippen LogP contribution is 2.19. The van der Waals surface area contributed by atoms with Crippen LogP contribution in [0, 0.1) is 0 Å². The molecule has 0 aromatic heterocycles. The van der Waals surface area contributed by atoms with Crippen LogP contribution in [-0.4, -0.2) is 38.5 Å². The molecule has 0 saturated carbocycles. The number of hydrogen-bond donors (Lipinski definition) is 1. The molecule has 0 saturated heterocycles. The van der Waals surface area contributed by atoms with Gasteiger partial charge in [-0.3, -0.25) is 9.59 Å². The van der Waals surface area contributed by atoms with E-state index in [9.17, 15) is 9.59 Å². The Kier molecular flexibility index (Phi) is 5.55. The number of amides is 2. The summed E-state index contributed by atoms with van der Waals surface area (Å²) in [6, 6.07) is 7.60. The topological polar surface area (TPSA) is 52.7 Å². The molecule has 110 valence electrons. The van der Waals surface area contributed by atoms with E-state index in [1.54, 1.807) is 0 Å². The fourth-order valence-electron chi connectivity index (χ4n) is 1.83. The van der Waals surface area contributed by atoms with Crippen molar-refractivity contribution >= 4 is 23.2 Å². The van der Waals surface area contributed by atoms with Gasteiger partial charge in [-0.2, -0.15) is 0 Å². The zero-order valence-electron chi connectivity index (χ0n) is 12.8. The van der Waals surface area contributed by atoms with Crippen LogP contribution in [0.2, 0.25) is 0 Å². The number of anilines is 2. The summed E-state index contributed by atoms with van der Waals surface area (Å²) in [6.07, 6.45) is 0. The molecule has 0 unspecified atom stereocenters. The van der Waals surface area contributed by atoms with Gasteiger partial charge in [0.2, 0.25) is 11.8 Å². The van der Waals surface area contributed by atoms with Gasteiger partial charge < -0.3 is 15.1 Å². The quantitative estimate of drug-likeness (QED) is 0.890. The van der Waals surface area contributed by atoms with Gasteiger partial charge in [-0.15, -0.1) is 0 Å². The Balaban J connectivity index is 2.85. The number of hydrogen-bond acceptors (Lipinski definition) is 3. The normalized spacial score (nSPS) is 10.3. The van der Waals surface area contributed by atoms with E-state index in [2.05, 4.69) is 5.32 Å². The molecule has 0 bridgehead atoms. The second-order valence-corrected chi connectivity index (χ2v) is 5.24. The molecule has 0 spiro atoms. The fraction of sp³-hybridized carbons (Fsp3) is 0.467. The largest absolute Gasteiger partial charge is 0.378 e. The Morgan fingerprint density at radius 2 is 1.60 bits per heavy atom. The molecule has 1 aromatic rings. The molecule has 0 fully saturated rings. The highest BCUT2D eigenvalue weighted by atomic mass is 16.2. The van der Waals surface area contributed by atoms with E-state index in [1.807, 2.05) is 57.1 Å². The van der Waals surface area contributed by atoms with Crippen LogP contribution in [0.25, 0.3) is 0 Å². The van der Waals surface area contributed by atoms with E-state index in [-0.39, 0.29) is 24.4 Å². The van der Waals surface area contributed by atoms with Gasteiger partial charge in [0.05, 0.1) is 0 Å². The Hall–Kier alpha value is -2.04. The summed E-state index contributed by atoms with van der Waals surface area (Å²) in [5.74, 6) is -0.312. The van der Waals surface area contributed by atoms with Gasteiger partial charge in [0.1, 0.15) is 6.54 Å². The monoisotopic (exact) mass is 277 g/mol. The first-order valence-electron chi connectivity index (χ1n) is 6.66. The summed E-state index contributed by atoms with van der Waals surface area (Å²) >= 11 is 0. The van der Waals surface area contributed by atoms with Crippen molar-refractivity contribution in [1.82, 2.24) is 5.32 Å². The van der Waals surface area contributed by atoms with Gasteiger partial charge in [0, 0.05) is 38.4 Å². The molecule has 2 amide bonds. The molecule has 1 aromatic carbocycles. The van der Waals surface area contributed by atoms with Crippen molar-refractivity contribution in [3.8, 4) is 0 Å². The zero-order chi connectivity index (χ0) is 15.3. The lowest BCUT2D eigenvalue weighted by Crippen LogP contribution is -2.42. The van der Waals surface area contributed by atoms with E-state index in [1.165, 1.54) is 11.8 Å². The molecule has 1 N–H and O–H groups in total. The van der Waals surface area contributed by atoms with Crippen LogP contribution < -0.4 is 15.1 Å². The lowest BCUT2D eigenvalue weighted by Gasteiger charge is -2.22.